The van der Waals surface area contributed by atoms with E-state index in [2.05, 4.69) is 35.5 Å². The minimum Gasteiger partial charge on any atom is -0.494 e. The van der Waals surface area contributed by atoms with Gasteiger partial charge in [0.15, 0.2) is 5.82 Å². The minimum atomic E-state index is -3.48. The number of nitrogens with one attached hydrogen (secondary N) is 4. The second-order valence-corrected chi connectivity index (χ2v) is 11.1. The van der Waals surface area contributed by atoms with E-state index in [1.165, 1.54) is 6.20 Å². The van der Waals surface area contributed by atoms with Crippen molar-refractivity contribution < 1.29 is 17.9 Å². The number of aromatic nitrogens is 2. The van der Waals surface area contributed by atoms with Crippen LogP contribution in [0.2, 0.25) is 5.02 Å². The number of carbonyl (C=O) groups is 1. The monoisotopic (exact) mass is 559 g/mol. The Kier molecular flexibility index (Phi) is 8.42. The summed E-state index contributed by atoms with van der Waals surface area (Å²) in [5, 5.41) is 9.49. The lowest BCUT2D eigenvalue weighted by Gasteiger charge is -2.34. The maximum atomic E-state index is 11.7. The molecule has 11 nitrogen and oxygen atoms in total. The molecular weight excluding hydrogens is 530 g/mol. The molecule has 202 valence electrons. The molecule has 0 saturated carbocycles. The number of piperidine rings is 1. The van der Waals surface area contributed by atoms with E-state index in [1.54, 1.807) is 38.3 Å². The molecule has 0 bridgehead atoms. The second kappa shape index (κ2) is 11.7. The molecule has 0 radical (unpaired) electrons. The van der Waals surface area contributed by atoms with Crippen molar-refractivity contribution in [2.45, 2.75) is 25.8 Å². The first kappa shape index (κ1) is 27.3. The van der Waals surface area contributed by atoms with E-state index in [0.717, 1.165) is 37.9 Å². The molecule has 0 spiro atoms. The number of halogens is 1. The van der Waals surface area contributed by atoms with Crippen molar-refractivity contribution >= 4 is 62.0 Å². The van der Waals surface area contributed by atoms with Crippen molar-refractivity contribution in [2.24, 2.45) is 0 Å². The molecule has 1 aromatic heterocycles. The first-order valence-corrected chi connectivity index (χ1v) is 14.2. The molecule has 13 heteroatoms. The average molecular weight is 560 g/mol. The van der Waals surface area contributed by atoms with Crippen LogP contribution in [0.1, 0.15) is 19.8 Å². The Balaban J connectivity index is 1.50. The molecule has 3 aromatic rings. The fourth-order valence-electron chi connectivity index (χ4n) is 4.19. The summed E-state index contributed by atoms with van der Waals surface area (Å²) in [6.45, 7) is 3.19. The van der Waals surface area contributed by atoms with Crippen molar-refractivity contribution in [3.8, 4) is 5.75 Å². The van der Waals surface area contributed by atoms with Crippen LogP contribution >= 0.6 is 11.6 Å². The summed E-state index contributed by atoms with van der Waals surface area (Å²) in [4.78, 5) is 22.3. The number of amides is 1. The number of hydrogen-bond donors (Lipinski definition) is 4. The van der Waals surface area contributed by atoms with E-state index in [4.69, 9.17) is 16.3 Å². The predicted molar refractivity (Wildman–Crippen MR) is 151 cm³/mol. The molecule has 0 atom stereocenters. The van der Waals surface area contributed by atoms with E-state index >= 15 is 0 Å². The Morgan fingerprint density at radius 1 is 1.08 bits per heavy atom. The van der Waals surface area contributed by atoms with Crippen molar-refractivity contribution in [1.82, 2.24) is 15.3 Å². The van der Waals surface area contributed by atoms with Crippen LogP contribution < -0.4 is 30.3 Å². The van der Waals surface area contributed by atoms with E-state index in [0.29, 0.717) is 28.6 Å². The summed E-state index contributed by atoms with van der Waals surface area (Å²) >= 11 is 6.33. The third-order valence-electron chi connectivity index (χ3n) is 5.92. The number of benzene rings is 2. The van der Waals surface area contributed by atoms with Crippen LogP contribution in [0, 0.1) is 0 Å². The maximum absolute atomic E-state index is 11.7. The van der Waals surface area contributed by atoms with Gasteiger partial charge in [0, 0.05) is 37.8 Å². The number of rotatable bonds is 9. The molecule has 1 aliphatic rings. The van der Waals surface area contributed by atoms with Crippen molar-refractivity contribution in [2.75, 3.05) is 46.7 Å². The van der Waals surface area contributed by atoms with Gasteiger partial charge in [0.1, 0.15) is 10.8 Å². The van der Waals surface area contributed by atoms with Crippen LogP contribution in [0.3, 0.4) is 0 Å². The fraction of sp³-hybridized carbons (Fsp3) is 0.320. The topological polar surface area (TPSA) is 138 Å². The van der Waals surface area contributed by atoms with E-state index in [-0.39, 0.29) is 22.9 Å². The number of sulfonamides is 1. The van der Waals surface area contributed by atoms with Gasteiger partial charge in [-0.05, 0) is 37.1 Å². The summed E-state index contributed by atoms with van der Waals surface area (Å²) in [6, 6.07) is 12.9. The zero-order valence-corrected chi connectivity index (χ0v) is 22.9. The highest BCUT2D eigenvalue weighted by molar-refractivity contribution is 7.92. The molecular formula is C25H30ClN7O4S. The Bertz CT molecular complexity index is 1410. The molecule has 1 fully saturated rings. The molecule has 2 heterocycles. The Morgan fingerprint density at radius 3 is 2.45 bits per heavy atom. The molecule has 0 unspecified atom stereocenters. The van der Waals surface area contributed by atoms with Gasteiger partial charge in [-0.2, -0.15) is 4.98 Å². The number of nitrogens with zero attached hydrogens (tertiary/aromatic N) is 3. The highest BCUT2D eigenvalue weighted by Crippen LogP contribution is 2.34. The summed E-state index contributed by atoms with van der Waals surface area (Å²) < 4.78 is 31.6. The lowest BCUT2D eigenvalue weighted by atomic mass is 10.0. The van der Waals surface area contributed by atoms with Gasteiger partial charge in [0.05, 0.1) is 36.6 Å². The number of carbonyl (C=O) groups excluding carboxylic acids is 1. The van der Waals surface area contributed by atoms with Crippen molar-refractivity contribution in [1.29, 1.82) is 0 Å². The van der Waals surface area contributed by atoms with Crippen LogP contribution in [0.25, 0.3) is 0 Å². The number of methoxy groups -OCH3 is 1. The summed E-state index contributed by atoms with van der Waals surface area (Å²) in [6.07, 6.45) is 4.28. The zero-order valence-electron chi connectivity index (χ0n) is 21.3. The molecule has 1 aliphatic heterocycles. The number of hydrogen-bond acceptors (Lipinski definition) is 9. The molecule has 1 saturated heterocycles. The highest BCUT2D eigenvalue weighted by atomic mass is 35.5. The Hall–Kier alpha value is -3.77. The first-order valence-electron chi connectivity index (χ1n) is 11.9. The summed E-state index contributed by atoms with van der Waals surface area (Å²) in [5.41, 5.74) is 2.52. The van der Waals surface area contributed by atoms with Crippen molar-refractivity contribution in [3.05, 3.63) is 53.7 Å². The molecule has 4 rings (SSSR count). The summed E-state index contributed by atoms with van der Waals surface area (Å²) in [5.74, 6) is 1.18. The minimum absolute atomic E-state index is 0.00176. The number of para-hydroxylation sites is 2. The smallest absolute Gasteiger partial charge is 0.229 e. The van der Waals surface area contributed by atoms with Crippen LogP contribution in [-0.4, -0.2) is 56.8 Å². The van der Waals surface area contributed by atoms with Gasteiger partial charge < -0.3 is 25.6 Å². The molecule has 4 N–H and O–H groups in total. The van der Waals surface area contributed by atoms with Crippen molar-refractivity contribution in [3.63, 3.8) is 0 Å². The van der Waals surface area contributed by atoms with Crippen LogP contribution in [0.15, 0.2) is 48.7 Å². The SMILES string of the molecule is COc1cc(N2CCC(NC(C)=O)CC2)ccc1Nc1ncc(Cl)c(Nc2ccccc2NS(C)(=O)=O)n1. The predicted octanol–water partition coefficient (Wildman–Crippen LogP) is 4.10. The van der Waals surface area contributed by atoms with Gasteiger partial charge in [-0.25, -0.2) is 13.4 Å². The van der Waals surface area contributed by atoms with Gasteiger partial charge >= 0.3 is 0 Å². The van der Waals surface area contributed by atoms with Gasteiger partial charge in [-0.1, -0.05) is 23.7 Å². The van der Waals surface area contributed by atoms with Crippen LogP contribution in [0.5, 0.6) is 5.75 Å². The van der Waals surface area contributed by atoms with Gasteiger partial charge in [-0.3, -0.25) is 9.52 Å². The lowest BCUT2D eigenvalue weighted by Crippen LogP contribution is -2.44. The zero-order chi connectivity index (χ0) is 27.3. The third-order valence-corrected chi connectivity index (χ3v) is 6.79. The standard InChI is InChI=1S/C25H30ClN7O4S/c1-16(34)28-17-10-12-33(13-11-17)18-8-9-22(23(14-18)37-2)30-25-27-15-19(26)24(31-25)29-20-6-4-5-7-21(20)32-38(3,35)36/h4-9,14-15,17,32H,10-13H2,1-3H3,(H,28,34)(H2,27,29,30,31). The normalized spacial score (nSPS) is 14.1. The van der Waals surface area contributed by atoms with Crippen LogP contribution in [-0.2, 0) is 14.8 Å². The first-order chi connectivity index (χ1) is 18.1. The van der Waals surface area contributed by atoms with Gasteiger partial charge in [0.25, 0.3) is 0 Å². The molecule has 0 aliphatic carbocycles. The average Bonchev–Trinajstić information content (AvgIpc) is 2.87. The van der Waals surface area contributed by atoms with E-state index in [9.17, 15) is 13.2 Å². The van der Waals surface area contributed by atoms with Gasteiger partial charge in [-0.15, -0.1) is 0 Å². The molecule has 1 amide bonds. The van der Waals surface area contributed by atoms with E-state index < -0.39 is 10.0 Å². The quantitative estimate of drug-likeness (QED) is 0.305. The fourth-order valence-corrected chi connectivity index (χ4v) is 4.91. The lowest BCUT2D eigenvalue weighted by molar-refractivity contribution is -0.119. The largest absolute Gasteiger partial charge is 0.494 e. The highest BCUT2D eigenvalue weighted by Gasteiger charge is 2.21. The molecule has 38 heavy (non-hydrogen) atoms. The number of ether oxygens (including phenoxy) is 1. The number of anilines is 6. The Labute approximate surface area is 227 Å². The van der Waals surface area contributed by atoms with E-state index in [1.807, 2.05) is 18.2 Å². The van der Waals surface area contributed by atoms with Crippen LogP contribution in [0.4, 0.5) is 34.5 Å². The van der Waals surface area contributed by atoms with Gasteiger partial charge in [0.2, 0.25) is 21.9 Å². The third kappa shape index (κ3) is 7.17. The molecule has 2 aromatic carbocycles. The summed E-state index contributed by atoms with van der Waals surface area (Å²) in [7, 11) is -1.89. The Morgan fingerprint density at radius 2 is 1.79 bits per heavy atom. The second-order valence-electron chi connectivity index (χ2n) is 8.91. The maximum Gasteiger partial charge on any atom is 0.229 e.